The van der Waals surface area contributed by atoms with Gasteiger partial charge in [0, 0.05) is 51.6 Å². The lowest BCUT2D eigenvalue weighted by Crippen LogP contribution is -2.53. The van der Waals surface area contributed by atoms with Crippen molar-refractivity contribution in [1.29, 1.82) is 0 Å². The fourth-order valence-electron chi connectivity index (χ4n) is 2.95. The zero-order valence-electron chi connectivity index (χ0n) is 13.1. The van der Waals surface area contributed by atoms with E-state index in [4.69, 9.17) is 4.74 Å². The summed E-state index contributed by atoms with van der Waals surface area (Å²) in [5, 5.41) is 0. The van der Waals surface area contributed by atoms with Gasteiger partial charge in [-0.3, -0.25) is 14.1 Å². The lowest BCUT2D eigenvalue weighted by molar-refractivity contribution is 0.117. The monoisotopic (exact) mass is 302 g/mol. The van der Waals surface area contributed by atoms with E-state index in [0.29, 0.717) is 11.7 Å². The van der Waals surface area contributed by atoms with Crippen LogP contribution in [0.3, 0.4) is 0 Å². The van der Waals surface area contributed by atoms with Gasteiger partial charge in [0.25, 0.3) is 5.56 Å². The molecule has 3 rings (SSSR count). The van der Waals surface area contributed by atoms with Crippen molar-refractivity contribution >= 4 is 11.5 Å². The van der Waals surface area contributed by atoms with Crippen LogP contribution >= 0.6 is 0 Å². The van der Waals surface area contributed by atoms with Gasteiger partial charge in [-0.25, -0.2) is 4.98 Å². The molecule has 22 heavy (non-hydrogen) atoms. The Bertz CT molecular complexity index is 700. The summed E-state index contributed by atoms with van der Waals surface area (Å²) < 4.78 is 6.73. The molecule has 0 saturated carbocycles. The van der Waals surface area contributed by atoms with Crippen LogP contribution in [0.2, 0.25) is 0 Å². The van der Waals surface area contributed by atoms with Gasteiger partial charge in [-0.2, -0.15) is 0 Å². The summed E-state index contributed by atoms with van der Waals surface area (Å²) in [4.78, 5) is 21.4. The van der Waals surface area contributed by atoms with E-state index in [1.54, 1.807) is 23.8 Å². The van der Waals surface area contributed by atoms with Gasteiger partial charge in [-0.15, -0.1) is 0 Å². The molecule has 0 spiro atoms. The fourth-order valence-corrected chi connectivity index (χ4v) is 2.95. The molecule has 1 saturated heterocycles. The van der Waals surface area contributed by atoms with Gasteiger partial charge >= 0.3 is 0 Å². The molecule has 0 N–H and O–H groups in total. The number of rotatable bonds is 4. The van der Waals surface area contributed by atoms with Crippen LogP contribution in [0, 0.1) is 0 Å². The lowest BCUT2D eigenvalue weighted by atomic mass is 10.2. The highest BCUT2D eigenvalue weighted by Gasteiger charge is 2.24. The molecule has 0 radical (unpaired) electrons. The first-order valence-corrected chi connectivity index (χ1v) is 7.65. The Morgan fingerprint density at radius 2 is 2.23 bits per heavy atom. The Morgan fingerprint density at radius 3 is 3.00 bits per heavy atom. The molecule has 0 unspecified atom stereocenters. The van der Waals surface area contributed by atoms with Crippen molar-refractivity contribution in [1.82, 2.24) is 14.3 Å². The average Bonchev–Trinajstić information content (AvgIpc) is 2.53. The maximum absolute atomic E-state index is 12.2. The van der Waals surface area contributed by atoms with Crippen molar-refractivity contribution in [3.63, 3.8) is 0 Å². The summed E-state index contributed by atoms with van der Waals surface area (Å²) >= 11 is 0. The van der Waals surface area contributed by atoms with Crippen molar-refractivity contribution in [2.24, 2.45) is 0 Å². The maximum atomic E-state index is 12.2. The first-order chi connectivity index (χ1) is 10.7. The Morgan fingerprint density at radius 1 is 1.36 bits per heavy atom. The van der Waals surface area contributed by atoms with E-state index in [1.165, 1.54) is 0 Å². The number of fused-ring (bicyclic) bond motifs is 1. The molecule has 2 aromatic heterocycles. The summed E-state index contributed by atoms with van der Waals surface area (Å²) in [5.74, 6) is 0.773. The summed E-state index contributed by atoms with van der Waals surface area (Å²) in [6.07, 6.45) is 1.75. The molecular weight excluding hydrogens is 280 g/mol. The molecule has 3 heterocycles. The summed E-state index contributed by atoms with van der Waals surface area (Å²) in [6, 6.07) is 7.65. The Kier molecular flexibility index (Phi) is 4.40. The maximum Gasteiger partial charge on any atom is 0.259 e. The van der Waals surface area contributed by atoms with E-state index < -0.39 is 0 Å². The molecule has 0 aromatic carbocycles. The minimum Gasteiger partial charge on any atom is -0.383 e. The van der Waals surface area contributed by atoms with E-state index in [-0.39, 0.29) is 5.56 Å². The third-order valence-electron chi connectivity index (χ3n) is 4.23. The molecule has 1 aliphatic rings. The summed E-state index contributed by atoms with van der Waals surface area (Å²) in [5.41, 5.74) is 0.662. The highest BCUT2D eigenvalue weighted by atomic mass is 16.5. The first-order valence-electron chi connectivity index (χ1n) is 7.65. The normalized spacial score (nSPS) is 19.7. The second kappa shape index (κ2) is 6.46. The van der Waals surface area contributed by atoms with Crippen LogP contribution in [-0.2, 0) is 4.74 Å². The Labute approximate surface area is 129 Å². The first kappa shape index (κ1) is 15.0. The van der Waals surface area contributed by atoms with Gasteiger partial charge in [0.2, 0.25) is 0 Å². The fraction of sp³-hybridized carbons (Fsp3) is 0.500. The molecule has 6 nitrogen and oxygen atoms in total. The van der Waals surface area contributed by atoms with E-state index in [1.807, 2.05) is 18.2 Å². The van der Waals surface area contributed by atoms with Gasteiger partial charge in [-0.1, -0.05) is 6.07 Å². The standard InChI is InChI=1S/C16H22N4O2/c1-13-12-19(8-7-18(13)9-10-22-2)15-11-16(21)20-6-4-3-5-14(20)17-15/h3-6,11,13H,7-10,12H2,1-2H3/t13-/m0/s1. The van der Waals surface area contributed by atoms with E-state index >= 15 is 0 Å². The lowest BCUT2D eigenvalue weighted by Gasteiger charge is -2.40. The smallest absolute Gasteiger partial charge is 0.259 e. The predicted octanol–water partition coefficient (Wildman–Crippen LogP) is 0.851. The third kappa shape index (κ3) is 2.98. The van der Waals surface area contributed by atoms with Crippen LogP contribution in [0.4, 0.5) is 5.82 Å². The van der Waals surface area contributed by atoms with E-state index in [2.05, 4.69) is 21.7 Å². The highest BCUT2D eigenvalue weighted by Crippen LogP contribution is 2.16. The number of methoxy groups -OCH3 is 1. The number of hydrogen-bond acceptors (Lipinski definition) is 5. The minimum atomic E-state index is -0.0323. The molecule has 0 bridgehead atoms. The minimum absolute atomic E-state index is 0.0323. The number of hydrogen-bond donors (Lipinski definition) is 0. The molecular formula is C16H22N4O2. The predicted molar refractivity (Wildman–Crippen MR) is 86.6 cm³/mol. The molecule has 1 fully saturated rings. The van der Waals surface area contributed by atoms with Gasteiger partial charge < -0.3 is 9.64 Å². The topological polar surface area (TPSA) is 50.1 Å². The van der Waals surface area contributed by atoms with E-state index in [0.717, 1.165) is 38.6 Å². The Balaban J connectivity index is 1.79. The molecule has 118 valence electrons. The number of pyridine rings is 1. The van der Waals surface area contributed by atoms with E-state index in [9.17, 15) is 4.79 Å². The van der Waals surface area contributed by atoms with Crippen LogP contribution in [-0.4, -0.2) is 60.2 Å². The highest BCUT2D eigenvalue weighted by molar-refractivity contribution is 5.48. The number of aromatic nitrogens is 2. The van der Waals surface area contributed by atoms with Crippen LogP contribution in [0.1, 0.15) is 6.92 Å². The van der Waals surface area contributed by atoms with Crippen LogP contribution in [0.25, 0.3) is 5.65 Å². The van der Waals surface area contributed by atoms with Crippen LogP contribution < -0.4 is 10.5 Å². The number of piperazine rings is 1. The second-order valence-corrected chi connectivity index (χ2v) is 5.71. The average molecular weight is 302 g/mol. The van der Waals surface area contributed by atoms with Crippen molar-refractivity contribution in [3.8, 4) is 0 Å². The molecule has 1 atom stereocenters. The largest absolute Gasteiger partial charge is 0.383 e. The molecule has 0 aliphatic carbocycles. The van der Waals surface area contributed by atoms with Crippen LogP contribution in [0.5, 0.6) is 0 Å². The zero-order chi connectivity index (χ0) is 15.5. The summed E-state index contributed by atoms with van der Waals surface area (Å²) in [6.45, 7) is 6.61. The van der Waals surface area contributed by atoms with Gasteiger partial charge in [-0.05, 0) is 19.1 Å². The molecule has 1 aliphatic heterocycles. The molecule has 6 heteroatoms. The quantitative estimate of drug-likeness (QED) is 0.838. The van der Waals surface area contributed by atoms with Gasteiger partial charge in [0.05, 0.1) is 6.61 Å². The van der Waals surface area contributed by atoms with Crippen molar-refractivity contribution in [3.05, 3.63) is 40.8 Å². The molecule has 0 amide bonds. The Hall–Kier alpha value is -1.92. The van der Waals surface area contributed by atoms with Crippen molar-refractivity contribution in [2.75, 3.05) is 44.8 Å². The zero-order valence-corrected chi connectivity index (χ0v) is 13.1. The third-order valence-corrected chi connectivity index (χ3v) is 4.23. The van der Waals surface area contributed by atoms with Crippen molar-refractivity contribution in [2.45, 2.75) is 13.0 Å². The van der Waals surface area contributed by atoms with Crippen LogP contribution in [0.15, 0.2) is 35.3 Å². The van der Waals surface area contributed by atoms with Gasteiger partial charge in [0.15, 0.2) is 0 Å². The second-order valence-electron chi connectivity index (χ2n) is 5.71. The van der Waals surface area contributed by atoms with Crippen molar-refractivity contribution < 1.29 is 4.74 Å². The number of nitrogens with zero attached hydrogens (tertiary/aromatic N) is 4. The molecule has 2 aromatic rings. The number of ether oxygens (including phenoxy) is 1. The van der Waals surface area contributed by atoms with Gasteiger partial charge in [0.1, 0.15) is 11.5 Å². The summed E-state index contributed by atoms with van der Waals surface area (Å²) in [7, 11) is 1.73. The SMILES string of the molecule is COCCN1CCN(c2cc(=O)n3ccccc3n2)C[C@@H]1C. The number of anilines is 1.